The van der Waals surface area contributed by atoms with Gasteiger partial charge in [0.25, 0.3) is 11.6 Å². The molecule has 0 radical (unpaired) electrons. The molecule has 128 valence electrons. The molecule has 0 aliphatic rings. The summed E-state index contributed by atoms with van der Waals surface area (Å²) in [5.41, 5.74) is 1.64. The van der Waals surface area contributed by atoms with Crippen molar-refractivity contribution in [1.82, 2.24) is 14.3 Å². The van der Waals surface area contributed by atoms with Gasteiger partial charge >= 0.3 is 0 Å². The van der Waals surface area contributed by atoms with Gasteiger partial charge in [0.05, 0.1) is 4.92 Å². The topological polar surface area (TPSA) is 97.8 Å². The van der Waals surface area contributed by atoms with Gasteiger partial charge < -0.3 is 4.90 Å². The Labute approximate surface area is 146 Å². The van der Waals surface area contributed by atoms with E-state index in [9.17, 15) is 19.7 Å². The van der Waals surface area contributed by atoms with Crippen LogP contribution >= 0.6 is 11.3 Å². The fourth-order valence-electron chi connectivity index (χ4n) is 2.56. The molecular weight excluding hydrogens is 344 g/mol. The lowest BCUT2D eigenvalue weighted by molar-refractivity contribution is -0.384. The number of carbonyl (C=O) groups is 2. The maximum absolute atomic E-state index is 12.2. The largest absolute Gasteiger partial charge is 0.344 e. The number of nitro groups is 1. The number of hydrogen-bond donors (Lipinski definition) is 0. The lowest BCUT2D eigenvalue weighted by Gasteiger charge is -2.08. The van der Waals surface area contributed by atoms with Crippen molar-refractivity contribution in [2.24, 2.45) is 0 Å². The Balaban J connectivity index is 2.22. The van der Waals surface area contributed by atoms with Crippen molar-refractivity contribution in [2.45, 2.75) is 6.92 Å². The molecular formula is C16H14N4O4S. The number of nitrogens with zero attached hydrogens (tertiary/aromatic N) is 4. The maximum atomic E-state index is 12.2. The summed E-state index contributed by atoms with van der Waals surface area (Å²) in [5.74, 6) is -0.165. The molecule has 3 rings (SSSR count). The minimum atomic E-state index is -0.498. The Morgan fingerprint density at radius 1 is 1.40 bits per heavy atom. The third-order valence-corrected chi connectivity index (χ3v) is 4.91. The number of aromatic nitrogens is 2. The summed E-state index contributed by atoms with van der Waals surface area (Å²) in [6.45, 7) is 1.74. The van der Waals surface area contributed by atoms with Crippen molar-refractivity contribution < 1.29 is 14.5 Å². The highest BCUT2D eigenvalue weighted by molar-refractivity contribution is 7.19. The molecule has 2 heterocycles. The van der Waals surface area contributed by atoms with Crippen LogP contribution in [0, 0.1) is 17.0 Å². The normalized spacial score (nSPS) is 10.8. The molecule has 0 saturated carbocycles. The van der Waals surface area contributed by atoms with Crippen LogP contribution in [0.1, 0.15) is 25.9 Å². The van der Waals surface area contributed by atoms with Crippen molar-refractivity contribution in [3.63, 3.8) is 0 Å². The van der Waals surface area contributed by atoms with Crippen molar-refractivity contribution >= 4 is 34.2 Å². The Kier molecular flexibility index (Phi) is 4.09. The van der Waals surface area contributed by atoms with Crippen LogP contribution in [-0.2, 0) is 0 Å². The van der Waals surface area contributed by atoms with Gasteiger partial charge in [0, 0.05) is 37.5 Å². The number of benzene rings is 1. The van der Waals surface area contributed by atoms with Gasteiger partial charge in [-0.15, -0.1) is 0 Å². The Hall–Kier alpha value is -3.07. The minimum Gasteiger partial charge on any atom is -0.344 e. The molecule has 0 unspecified atom stereocenters. The Morgan fingerprint density at radius 2 is 2.12 bits per heavy atom. The Bertz CT molecular complexity index is 1020. The molecule has 3 aromatic rings. The molecule has 0 aliphatic carbocycles. The molecule has 9 heteroatoms. The SMILES string of the molecule is Cc1c(C(=O)N(C)C)sc2nc(-c3cccc([N+](=O)[O-])c3)c(C=O)n12. The van der Waals surface area contributed by atoms with Crippen LogP contribution in [0.4, 0.5) is 5.69 Å². The summed E-state index contributed by atoms with van der Waals surface area (Å²) in [4.78, 5) is 41.3. The first-order valence-corrected chi connectivity index (χ1v) is 8.10. The van der Waals surface area contributed by atoms with E-state index in [-0.39, 0.29) is 17.3 Å². The molecule has 2 aromatic heterocycles. The van der Waals surface area contributed by atoms with Gasteiger partial charge in [0.15, 0.2) is 11.2 Å². The smallest absolute Gasteiger partial charge is 0.270 e. The van der Waals surface area contributed by atoms with Gasteiger partial charge in [-0.2, -0.15) is 0 Å². The number of carbonyl (C=O) groups excluding carboxylic acids is 2. The van der Waals surface area contributed by atoms with Crippen molar-refractivity contribution in [2.75, 3.05) is 14.1 Å². The van der Waals surface area contributed by atoms with Gasteiger partial charge in [-0.25, -0.2) is 4.98 Å². The van der Waals surface area contributed by atoms with Crippen molar-refractivity contribution in [3.8, 4) is 11.3 Å². The van der Waals surface area contributed by atoms with Gasteiger partial charge in [0.1, 0.15) is 16.3 Å². The quantitative estimate of drug-likeness (QED) is 0.406. The summed E-state index contributed by atoms with van der Waals surface area (Å²) < 4.78 is 1.61. The molecule has 0 bridgehead atoms. The third-order valence-electron chi connectivity index (χ3n) is 3.78. The molecule has 0 N–H and O–H groups in total. The van der Waals surface area contributed by atoms with Crippen LogP contribution in [0.15, 0.2) is 24.3 Å². The molecule has 0 spiro atoms. The zero-order chi connectivity index (χ0) is 18.3. The number of rotatable bonds is 4. The second-order valence-corrected chi connectivity index (χ2v) is 6.58. The second-order valence-electron chi connectivity index (χ2n) is 5.61. The highest BCUT2D eigenvalue weighted by Crippen LogP contribution is 2.32. The van der Waals surface area contributed by atoms with Crippen molar-refractivity contribution in [3.05, 3.63) is 50.6 Å². The molecule has 0 atom stereocenters. The van der Waals surface area contributed by atoms with Crippen LogP contribution in [0.2, 0.25) is 0 Å². The Morgan fingerprint density at radius 3 is 2.72 bits per heavy atom. The predicted octanol–water partition coefficient (Wildman–Crippen LogP) is 2.79. The molecule has 0 fully saturated rings. The molecule has 1 amide bonds. The number of thiazole rings is 1. The second kappa shape index (κ2) is 6.10. The standard InChI is InChI=1S/C16H14N4O4S/c1-9-14(15(22)18(2)3)25-16-17-13(12(8-21)19(9)16)10-5-4-6-11(7-10)20(23)24/h4-8H,1-3H3. The summed E-state index contributed by atoms with van der Waals surface area (Å²) in [7, 11) is 3.30. The number of amides is 1. The number of fused-ring (bicyclic) bond motifs is 1. The summed E-state index contributed by atoms with van der Waals surface area (Å²) in [6.07, 6.45) is 0.651. The van der Waals surface area contributed by atoms with Gasteiger partial charge in [-0.3, -0.25) is 24.1 Å². The lowest BCUT2D eigenvalue weighted by atomic mass is 10.1. The van der Waals surface area contributed by atoms with E-state index in [2.05, 4.69) is 4.98 Å². The van der Waals surface area contributed by atoms with Gasteiger partial charge in [-0.05, 0) is 6.92 Å². The monoisotopic (exact) mass is 358 g/mol. The van der Waals surface area contributed by atoms with E-state index >= 15 is 0 Å². The van der Waals surface area contributed by atoms with Gasteiger partial charge in [-0.1, -0.05) is 23.5 Å². The van der Waals surface area contributed by atoms with Crippen LogP contribution in [0.5, 0.6) is 0 Å². The van der Waals surface area contributed by atoms with E-state index in [1.54, 1.807) is 37.6 Å². The predicted molar refractivity (Wildman–Crippen MR) is 93.3 cm³/mol. The third kappa shape index (κ3) is 2.68. The van der Waals surface area contributed by atoms with Crippen LogP contribution in [0.25, 0.3) is 16.2 Å². The van der Waals surface area contributed by atoms with Crippen molar-refractivity contribution in [1.29, 1.82) is 0 Å². The van der Waals surface area contributed by atoms with E-state index < -0.39 is 4.92 Å². The summed E-state index contributed by atoms with van der Waals surface area (Å²) >= 11 is 1.18. The highest BCUT2D eigenvalue weighted by atomic mass is 32.1. The number of aryl methyl sites for hydroxylation is 1. The highest BCUT2D eigenvalue weighted by Gasteiger charge is 2.23. The molecule has 25 heavy (non-hydrogen) atoms. The fourth-order valence-corrected chi connectivity index (χ4v) is 3.72. The molecule has 0 saturated heterocycles. The average Bonchev–Trinajstić information content (AvgIpc) is 3.11. The zero-order valence-electron chi connectivity index (χ0n) is 13.7. The number of aldehydes is 1. The van der Waals surface area contributed by atoms with E-state index in [0.717, 1.165) is 0 Å². The van der Waals surface area contributed by atoms with Crippen LogP contribution in [-0.4, -0.2) is 45.5 Å². The van der Waals surface area contributed by atoms with E-state index in [1.807, 2.05) is 0 Å². The first-order chi connectivity index (χ1) is 11.8. The summed E-state index contributed by atoms with van der Waals surface area (Å²) in [5, 5.41) is 11.0. The number of non-ortho nitro benzene ring substituents is 1. The average molecular weight is 358 g/mol. The zero-order valence-corrected chi connectivity index (χ0v) is 14.5. The van der Waals surface area contributed by atoms with Crippen LogP contribution in [0.3, 0.4) is 0 Å². The fraction of sp³-hybridized carbons (Fsp3) is 0.188. The number of imidazole rings is 1. The lowest BCUT2D eigenvalue weighted by Crippen LogP contribution is -2.21. The van der Waals surface area contributed by atoms with Gasteiger partial charge in [0.2, 0.25) is 0 Å². The minimum absolute atomic E-state index is 0.0779. The first kappa shape index (κ1) is 16.8. The van der Waals surface area contributed by atoms with E-state index in [1.165, 1.54) is 28.4 Å². The van der Waals surface area contributed by atoms with E-state index in [4.69, 9.17) is 0 Å². The molecule has 0 aliphatic heterocycles. The molecule has 1 aromatic carbocycles. The molecule has 8 nitrogen and oxygen atoms in total. The maximum Gasteiger partial charge on any atom is 0.270 e. The first-order valence-electron chi connectivity index (χ1n) is 7.28. The van der Waals surface area contributed by atoms with E-state index in [0.29, 0.717) is 33.1 Å². The summed E-state index contributed by atoms with van der Waals surface area (Å²) in [6, 6.07) is 5.96. The number of hydrogen-bond acceptors (Lipinski definition) is 6. The number of nitro benzene ring substituents is 1. The van der Waals surface area contributed by atoms with Crippen LogP contribution < -0.4 is 0 Å².